The lowest BCUT2D eigenvalue weighted by atomic mass is 9.67. The van der Waals surface area contributed by atoms with Gasteiger partial charge in [0.05, 0.1) is 12.1 Å². The molecule has 7 heteroatoms. The van der Waals surface area contributed by atoms with E-state index < -0.39 is 29.6 Å². The molecule has 110 valence electrons. The lowest BCUT2D eigenvalue weighted by Gasteiger charge is -2.43. The minimum atomic E-state index is -4.51. The topological polar surface area (TPSA) is 52.6 Å². The number of carbonyl (C=O) groups is 1. The fourth-order valence-corrected chi connectivity index (χ4v) is 2.73. The summed E-state index contributed by atoms with van der Waals surface area (Å²) in [4.78, 5) is 13.8. The van der Waals surface area contributed by atoms with Crippen LogP contribution in [0.1, 0.15) is 25.7 Å². The summed E-state index contributed by atoms with van der Waals surface area (Å²) >= 11 is 0. The third-order valence-electron chi connectivity index (χ3n) is 4.29. The molecule has 0 radical (unpaired) electrons. The van der Waals surface area contributed by atoms with Gasteiger partial charge < -0.3 is 15.3 Å². The molecule has 0 bridgehead atoms. The Morgan fingerprint density at radius 2 is 2.05 bits per heavy atom. The average molecular weight is 280 g/mol. The maximum Gasteiger partial charge on any atom is 0.403 e. The Morgan fingerprint density at radius 1 is 1.42 bits per heavy atom. The number of alkyl halides is 3. The minimum absolute atomic E-state index is 0.148. The number of nitrogens with zero attached hydrogens (tertiary/aromatic N) is 1. The van der Waals surface area contributed by atoms with Crippen LogP contribution in [-0.2, 0) is 4.79 Å². The van der Waals surface area contributed by atoms with Crippen molar-refractivity contribution in [3.05, 3.63) is 0 Å². The molecule has 0 aromatic rings. The van der Waals surface area contributed by atoms with Gasteiger partial charge in [0.1, 0.15) is 5.41 Å². The Morgan fingerprint density at radius 3 is 2.47 bits per heavy atom. The van der Waals surface area contributed by atoms with Crippen molar-refractivity contribution in [3.8, 4) is 0 Å². The first-order valence-electron chi connectivity index (χ1n) is 6.50. The van der Waals surface area contributed by atoms with Crippen molar-refractivity contribution in [2.75, 3.05) is 20.1 Å². The summed E-state index contributed by atoms with van der Waals surface area (Å²) in [5.41, 5.74) is -2.23. The minimum Gasteiger partial charge on any atom is -0.390 e. The number of amides is 1. The third kappa shape index (κ3) is 2.58. The molecule has 1 heterocycles. The number of hydrogen-bond donors (Lipinski definition) is 2. The highest BCUT2D eigenvalue weighted by molar-refractivity contribution is 5.84. The second-order valence-corrected chi connectivity index (χ2v) is 5.63. The standard InChI is InChI=1S/C12H19F3N2O2/c1-17-6-3-8(9(18)7-17)16-10(19)11(4-2-5-11)12(13,14)15/h8-9,18H,2-7H2,1H3,(H,16,19). The molecule has 2 unspecified atom stereocenters. The van der Waals surface area contributed by atoms with E-state index in [0.717, 1.165) is 0 Å². The summed E-state index contributed by atoms with van der Waals surface area (Å²) in [5, 5.41) is 12.2. The third-order valence-corrected chi connectivity index (χ3v) is 4.29. The summed E-state index contributed by atoms with van der Waals surface area (Å²) in [6.07, 6.45) is -4.73. The molecule has 2 aliphatic rings. The molecule has 2 fully saturated rings. The highest BCUT2D eigenvalue weighted by Gasteiger charge is 2.63. The lowest BCUT2D eigenvalue weighted by molar-refractivity contribution is -0.243. The Labute approximate surface area is 110 Å². The number of likely N-dealkylation sites (tertiary alicyclic amines) is 1. The van der Waals surface area contributed by atoms with E-state index >= 15 is 0 Å². The van der Waals surface area contributed by atoms with Gasteiger partial charge in [0.2, 0.25) is 5.91 Å². The molecule has 2 rings (SSSR count). The van der Waals surface area contributed by atoms with Gasteiger partial charge in [0.25, 0.3) is 0 Å². The number of nitrogens with one attached hydrogen (secondary N) is 1. The van der Waals surface area contributed by atoms with Gasteiger partial charge in [0, 0.05) is 6.54 Å². The summed E-state index contributed by atoms with van der Waals surface area (Å²) < 4.78 is 39.0. The van der Waals surface area contributed by atoms with Gasteiger partial charge in [-0.3, -0.25) is 4.79 Å². The second kappa shape index (κ2) is 4.94. The number of piperidine rings is 1. The van der Waals surface area contributed by atoms with Crippen molar-refractivity contribution < 1.29 is 23.1 Å². The number of halogens is 3. The molecule has 1 saturated heterocycles. The number of aliphatic hydroxyl groups excluding tert-OH is 1. The molecule has 4 nitrogen and oxygen atoms in total. The van der Waals surface area contributed by atoms with Crippen LogP contribution in [0.15, 0.2) is 0 Å². The van der Waals surface area contributed by atoms with Crippen molar-refractivity contribution in [1.29, 1.82) is 0 Å². The smallest absolute Gasteiger partial charge is 0.390 e. The van der Waals surface area contributed by atoms with Crippen molar-refractivity contribution in [2.24, 2.45) is 5.41 Å². The van der Waals surface area contributed by atoms with E-state index in [1.807, 2.05) is 11.9 Å². The van der Waals surface area contributed by atoms with E-state index in [0.29, 0.717) is 25.9 Å². The maximum atomic E-state index is 13.0. The predicted molar refractivity (Wildman–Crippen MR) is 62.4 cm³/mol. The molecule has 0 aromatic heterocycles. The first-order valence-corrected chi connectivity index (χ1v) is 6.50. The monoisotopic (exact) mass is 280 g/mol. The van der Waals surface area contributed by atoms with Crippen LogP contribution in [0.5, 0.6) is 0 Å². The molecule has 1 aliphatic carbocycles. The van der Waals surface area contributed by atoms with Crippen LogP contribution in [0.2, 0.25) is 0 Å². The Balaban J connectivity index is 2.01. The fraction of sp³-hybridized carbons (Fsp3) is 0.917. The van der Waals surface area contributed by atoms with Gasteiger partial charge in [0.15, 0.2) is 0 Å². The maximum absolute atomic E-state index is 13.0. The van der Waals surface area contributed by atoms with Crippen molar-refractivity contribution >= 4 is 5.91 Å². The van der Waals surface area contributed by atoms with Crippen LogP contribution in [0.25, 0.3) is 0 Å². The van der Waals surface area contributed by atoms with E-state index in [4.69, 9.17) is 0 Å². The van der Waals surface area contributed by atoms with E-state index in [2.05, 4.69) is 5.32 Å². The first-order chi connectivity index (χ1) is 8.76. The zero-order valence-corrected chi connectivity index (χ0v) is 10.8. The zero-order valence-electron chi connectivity index (χ0n) is 10.8. The van der Waals surface area contributed by atoms with Gasteiger partial charge in [-0.2, -0.15) is 13.2 Å². The number of hydrogen-bond acceptors (Lipinski definition) is 3. The lowest BCUT2D eigenvalue weighted by Crippen LogP contribution is -2.60. The van der Waals surface area contributed by atoms with Gasteiger partial charge in [-0.1, -0.05) is 6.42 Å². The number of likely N-dealkylation sites (N-methyl/N-ethyl adjacent to an activating group) is 1. The van der Waals surface area contributed by atoms with E-state index in [-0.39, 0.29) is 12.8 Å². The molecule has 1 saturated carbocycles. The van der Waals surface area contributed by atoms with Crippen LogP contribution < -0.4 is 5.32 Å². The number of carbonyl (C=O) groups excluding carboxylic acids is 1. The molecule has 1 aliphatic heterocycles. The molecule has 19 heavy (non-hydrogen) atoms. The van der Waals surface area contributed by atoms with Crippen LogP contribution in [0, 0.1) is 5.41 Å². The molecule has 0 spiro atoms. The zero-order chi connectivity index (χ0) is 14.3. The van der Waals surface area contributed by atoms with Crippen LogP contribution in [0.4, 0.5) is 13.2 Å². The Hall–Kier alpha value is -0.820. The normalized spacial score (nSPS) is 31.6. The quantitative estimate of drug-likeness (QED) is 0.790. The van der Waals surface area contributed by atoms with Gasteiger partial charge in [-0.15, -0.1) is 0 Å². The SMILES string of the molecule is CN1CCC(NC(=O)C2(C(F)(F)F)CCC2)C(O)C1. The molecular formula is C12H19F3N2O2. The van der Waals surface area contributed by atoms with Crippen molar-refractivity contribution in [3.63, 3.8) is 0 Å². The molecule has 1 amide bonds. The molecule has 2 N–H and O–H groups in total. The Kier molecular flexibility index (Phi) is 3.79. The summed E-state index contributed by atoms with van der Waals surface area (Å²) in [6, 6.07) is -0.580. The number of rotatable bonds is 2. The van der Waals surface area contributed by atoms with E-state index in [1.165, 1.54) is 0 Å². The van der Waals surface area contributed by atoms with Gasteiger partial charge in [-0.25, -0.2) is 0 Å². The van der Waals surface area contributed by atoms with Crippen molar-refractivity contribution in [1.82, 2.24) is 10.2 Å². The van der Waals surface area contributed by atoms with Crippen LogP contribution in [0.3, 0.4) is 0 Å². The van der Waals surface area contributed by atoms with Crippen LogP contribution >= 0.6 is 0 Å². The largest absolute Gasteiger partial charge is 0.403 e. The fourth-order valence-electron chi connectivity index (χ4n) is 2.73. The highest BCUT2D eigenvalue weighted by atomic mass is 19.4. The van der Waals surface area contributed by atoms with E-state index in [9.17, 15) is 23.1 Å². The second-order valence-electron chi connectivity index (χ2n) is 5.63. The molecular weight excluding hydrogens is 261 g/mol. The predicted octanol–water partition coefficient (Wildman–Crippen LogP) is 0.900. The molecule has 2 atom stereocenters. The highest BCUT2D eigenvalue weighted by Crippen LogP contribution is 2.53. The van der Waals surface area contributed by atoms with Crippen molar-refractivity contribution in [2.45, 2.75) is 44.0 Å². The van der Waals surface area contributed by atoms with Crippen LogP contribution in [-0.4, -0.2) is 54.4 Å². The average Bonchev–Trinajstić information content (AvgIpc) is 2.18. The Bertz CT molecular complexity index is 355. The summed E-state index contributed by atoms with van der Waals surface area (Å²) in [6.45, 7) is 1.02. The van der Waals surface area contributed by atoms with Gasteiger partial charge >= 0.3 is 6.18 Å². The van der Waals surface area contributed by atoms with Gasteiger partial charge in [-0.05, 0) is 32.9 Å². The summed E-state index contributed by atoms with van der Waals surface area (Å²) in [5.74, 6) is -0.972. The summed E-state index contributed by atoms with van der Waals surface area (Å²) in [7, 11) is 1.82. The molecule has 0 aromatic carbocycles. The van der Waals surface area contributed by atoms with E-state index in [1.54, 1.807) is 0 Å². The number of aliphatic hydroxyl groups is 1. The first kappa shape index (κ1) is 14.6. The number of β-amino-alcohol motifs (C(OH)–C–C–N with tert-alkyl or cyclic N) is 1.